The lowest BCUT2D eigenvalue weighted by molar-refractivity contribution is -0.130. The number of halogens is 1. The van der Waals surface area contributed by atoms with Crippen molar-refractivity contribution in [3.8, 4) is 0 Å². The molecule has 144 valence electrons. The van der Waals surface area contributed by atoms with Crippen LogP contribution in [-0.4, -0.2) is 40.3 Å². The van der Waals surface area contributed by atoms with Gasteiger partial charge in [0.05, 0.1) is 18.3 Å². The first-order valence-corrected chi connectivity index (χ1v) is 10.5. The molecular formula is C21H26FN3OS. The number of carbonyl (C=O) groups is 1. The maximum absolute atomic E-state index is 13.8. The van der Waals surface area contributed by atoms with Crippen molar-refractivity contribution in [1.82, 2.24) is 14.8 Å². The molecule has 3 atom stereocenters. The molecule has 0 N–H and O–H groups in total. The van der Waals surface area contributed by atoms with Gasteiger partial charge >= 0.3 is 0 Å². The first kappa shape index (κ1) is 18.6. The highest BCUT2D eigenvalue weighted by Crippen LogP contribution is 2.45. The SMILES string of the molecule is CC(=O)N1C[C@H]2CN(Cc3nc(C(C)C)cs3)C[C@H]2[C@@H]1c1cccc(F)c1. The normalized spacial score (nSPS) is 25.4. The number of hydrogen-bond donors (Lipinski definition) is 0. The summed E-state index contributed by atoms with van der Waals surface area (Å²) in [6.45, 7) is 9.46. The second-order valence-electron chi connectivity index (χ2n) is 8.11. The number of rotatable bonds is 4. The highest BCUT2D eigenvalue weighted by Gasteiger charge is 2.48. The largest absolute Gasteiger partial charge is 0.335 e. The number of fused-ring (bicyclic) bond motifs is 1. The van der Waals surface area contributed by atoms with E-state index in [-0.39, 0.29) is 17.8 Å². The van der Waals surface area contributed by atoms with Gasteiger partial charge in [-0.1, -0.05) is 26.0 Å². The van der Waals surface area contributed by atoms with Gasteiger partial charge in [-0.15, -0.1) is 11.3 Å². The van der Waals surface area contributed by atoms with E-state index >= 15 is 0 Å². The van der Waals surface area contributed by atoms with Crippen molar-refractivity contribution in [3.63, 3.8) is 0 Å². The van der Waals surface area contributed by atoms with E-state index < -0.39 is 0 Å². The molecule has 0 saturated carbocycles. The topological polar surface area (TPSA) is 36.4 Å². The van der Waals surface area contributed by atoms with E-state index in [4.69, 9.17) is 4.98 Å². The van der Waals surface area contributed by atoms with E-state index in [1.165, 1.54) is 6.07 Å². The Balaban J connectivity index is 1.52. The van der Waals surface area contributed by atoms with Crippen molar-refractivity contribution in [2.45, 2.75) is 39.3 Å². The third-order valence-electron chi connectivity index (χ3n) is 5.85. The summed E-state index contributed by atoms with van der Waals surface area (Å²) >= 11 is 1.73. The summed E-state index contributed by atoms with van der Waals surface area (Å²) in [6, 6.07) is 6.71. The second-order valence-corrected chi connectivity index (χ2v) is 9.05. The van der Waals surface area contributed by atoms with E-state index in [1.54, 1.807) is 30.4 Å². The molecule has 1 amide bonds. The average molecular weight is 388 g/mol. The van der Waals surface area contributed by atoms with E-state index in [2.05, 4.69) is 24.1 Å². The second kappa shape index (κ2) is 7.32. The van der Waals surface area contributed by atoms with Gasteiger partial charge in [-0.3, -0.25) is 9.69 Å². The first-order chi connectivity index (χ1) is 12.9. The third kappa shape index (κ3) is 3.65. The molecule has 4 rings (SSSR count). The maximum atomic E-state index is 13.8. The van der Waals surface area contributed by atoms with E-state index in [1.807, 2.05) is 11.0 Å². The molecule has 0 radical (unpaired) electrons. The summed E-state index contributed by atoms with van der Waals surface area (Å²) in [5.74, 6) is 1.08. The van der Waals surface area contributed by atoms with Crippen LogP contribution in [0, 0.1) is 17.7 Å². The molecule has 2 aromatic rings. The van der Waals surface area contributed by atoms with Crippen molar-refractivity contribution in [1.29, 1.82) is 0 Å². The van der Waals surface area contributed by atoms with E-state index in [0.717, 1.165) is 42.4 Å². The average Bonchev–Trinajstić information content (AvgIpc) is 3.29. The fourth-order valence-corrected chi connectivity index (χ4v) is 5.56. The van der Waals surface area contributed by atoms with Crippen LogP contribution in [0.5, 0.6) is 0 Å². The molecule has 0 bridgehead atoms. The van der Waals surface area contributed by atoms with Gasteiger partial charge in [0, 0.05) is 37.9 Å². The molecule has 1 aromatic carbocycles. The van der Waals surface area contributed by atoms with Crippen molar-refractivity contribution in [3.05, 3.63) is 51.7 Å². The Morgan fingerprint density at radius 2 is 2.15 bits per heavy atom. The lowest BCUT2D eigenvalue weighted by Crippen LogP contribution is -2.34. The molecule has 2 fully saturated rings. The standard InChI is InChI=1S/C21H26FN3OS/c1-13(2)19-12-27-20(23-19)11-24-8-16-9-25(14(3)26)21(18(16)10-24)15-5-4-6-17(22)7-15/h4-7,12-13,16,18,21H,8-11H2,1-3H3/t16-,18-,21+/m1/s1. The van der Waals surface area contributed by atoms with Crippen LogP contribution in [0.25, 0.3) is 0 Å². The van der Waals surface area contributed by atoms with Gasteiger partial charge in [0.15, 0.2) is 0 Å². The maximum Gasteiger partial charge on any atom is 0.219 e. The Hall–Kier alpha value is -1.79. The van der Waals surface area contributed by atoms with E-state index in [0.29, 0.717) is 17.8 Å². The molecule has 1 aromatic heterocycles. The minimum Gasteiger partial charge on any atom is -0.335 e. The number of amides is 1. The van der Waals surface area contributed by atoms with Gasteiger partial charge in [-0.2, -0.15) is 0 Å². The molecular weight excluding hydrogens is 361 g/mol. The summed E-state index contributed by atoms with van der Waals surface area (Å²) in [5.41, 5.74) is 2.07. The fraction of sp³-hybridized carbons (Fsp3) is 0.524. The molecule has 2 aliphatic heterocycles. The summed E-state index contributed by atoms with van der Waals surface area (Å²) in [5, 5.41) is 3.31. The number of aromatic nitrogens is 1. The molecule has 3 heterocycles. The molecule has 0 spiro atoms. The van der Waals surface area contributed by atoms with Gasteiger partial charge in [0.25, 0.3) is 0 Å². The van der Waals surface area contributed by atoms with Crippen LogP contribution in [0.3, 0.4) is 0 Å². The summed E-state index contributed by atoms with van der Waals surface area (Å²) in [4.78, 5) is 21.3. The van der Waals surface area contributed by atoms with Gasteiger partial charge in [0.1, 0.15) is 10.8 Å². The number of hydrogen-bond acceptors (Lipinski definition) is 4. The zero-order valence-corrected chi connectivity index (χ0v) is 16.9. The Labute approximate surface area is 164 Å². The van der Waals surface area contributed by atoms with Crippen LogP contribution < -0.4 is 0 Å². The smallest absolute Gasteiger partial charge is 0.219 e. The molecule has 4 nitrogen and oxygen atoms in total. The van der Waals surface area contributed by atoms with Gasteiger partial charge < -0.3 is 4.90 Å². The third-order valence-corrected chi connectivity index (χ3v) is 6.71. The van der Waals surface area contributed by atoms with E-state index in [9.17, 15) is 9.18 Å². The van der Waals surface area contributed by atoms with Gasteiger partial charge in [-0.05, 0) is 29.5 Å². The van der Waals surface area contributed by atoms with Crippen LogP contribution in [0.1, 0.15) is 49.0 Å². The molecule has 2 saturated heterocycles. The number of thiazole rings is 1. The summed E-state index contributed by atoms with van der Waals surface area (Å²) < 4.78 is 13.8. The quantitative estimate of drug-likeness (QED) is 0.794. The Morgan fingerprint density at radius 3 is 2.81 bits per heavy atom. The van der Waals surface area contributed by atoms with Gasteiger partial charge in [-0.25, -0.2) is 9.37 Å². The van der Waals surface area contributed by atoms with Crippen LogP contribution >= 0.6 is 11.3 Å². The Bertz CT molecular complexity index is 836. The summed E-state index contributed by atoms with van der Waals surface area (Å²) in [7, 11) is 0. The number of benzene rings is 1. The molecule has 2 aliphatic rings. The molecule has 0 aliphatic carbocycles. The van der Waals surface area contributed by atoms with Gasteiger partial charge in [0.2, 0.25) is 5.91 Å². The molecule has 6 heteroatoms. The zero-order valence-electron chi connectivity index (χ0n) is 16.1. The lowest BCUT2D eigenvalue weighted by atomic mass is 9.89. The number of likely N-dealkylation sites (tertiary alicyclic amines) is 2. The number of nitrogens with zero attached hydrogens (tertiary/aromatic N) is 3. The first-order valence-electron chi connectivity index (χ1n) is 9.61. The van der Waals surface area contributed by atoms with Crippen molar-refractivity contribution >= 4 is 17.2 Å². The van der Waals surface area contributed by atoms with Crippen molar-refractivity contribution < 1.29 is 9.18 Å². The Morgan fingerprint density at radius 1 is 1.33 bits per heavy atom. The highest BCUT2D eigenvalue weighted by molar-refractivity contribution is 7.09. The minimum atomic E-state index is -0.238. The summed E-state index contributed by atoms with van der Waals surface area (Å²) in [6.07, 6.45) is 0. The van der Waals surface area contributed by atoms with Crippen molar-refractivity contribution in [2.24, 2.45) is 11.8 Å². The Kier molecular flexibility index (Phi) is 5.03. The molecule has 0 unspecified atom stereocenters. The lowest BCUT2D eigenvalue weighted by Gasteiger charge is -2.29. The predicted octanol–water partition coefficient (Wildman–Crippen LogP) is 4.06. The highest BCUT2D eigenvalue weighted by atomic mass is 32.1. The molecule has 27 heavy (non-hydrogen) atoms. The van der Waals surface area contributed by atoms with Crippen LogP contribution in [-0.2, 0) is 11.3 Å². The fourth-order valence-electron chi connectivity index (χ4n) is 4.56. The predicted molar refractivity (Wildman–Crippen MR) is 105 cm³/mol. The van der Waals surface area contributed by atoms with Crippen molar-refractivity contribution in [2.75, 3.05) is 19.6 Å². The van der Waals surface area contributed by atoms with Crippen LogP contribution in [0.15, 0.2) is 29.6 Å². The number of carbonyl (C=O) groups excluding carboxylic acids is 1. The van der Waals surface area contributed by atoms with Crippen LogP contribution in [0.4, 0.5) is 4.39 Å². The monoisotopic (exact) mass is 387 g/mol. The zero-order chi connectivity index (χ0) is 19.1. The van der Waals surface area contributed by atoms with Crippen LogP contribution in [0.2, 0.25) is 0 Å². The minimum absolute atomic E-state index is 0.0317.